The van der Waals surface area contributed by atoms with E-state index in [2.05, 4.69) is 28.0 Å². The molecule has 0 spiro atoms. The van der Waals surface area contributed by atoms with Crippen molar-refractivity contribution >= 4 is 11.4 Å². The molecule has 0 aliphatic carbocycles. The average molecular weight is 289 g/mol. The number of nitrogen functional groups attached to an aromatic ring is 1. The molecule has 4 heteroatoms. The predicted octanol–water partition coefficient (Wildman–Crippen LogP) is 2.13. The Labute approximate surface area is 127 Å². The second kappa shape index (κ2) is 7.14. The van der Waals surface area contributed by atoms with E-state index in [1.54, 1.807) is 0 Å². The summed E-state index contributed by atoms with van der Waals surface area (Å²) in [5, 5.41) is 0. The van der Waals surface area contributed by atoms with Crippen LogP contribution in [0.2, 0.25) is 0 Å². The topological polar surface area (TPSA) is 41.7 Å². The van der Waals surface area contributed by atoms with Crippen LogP contribution in [0.1, 0.15) is 24.8 Å². The molecule has 2 saturated heterocycles. The van der Waals surface area contributed by atoms with Gasteiger partial charge in [0.15, 0.2) is 0 Å². The lowest BCUT2D eigenvalue weighted by Gasteiger charge is -2.30. The molecule has 0 aromatic heterocycles. The Kier molecular flexibility index (Phi) is 4.99. The summed E-state index contributed by atoms with van der Waals surface area (Å²) in [7, 11) is 0. The second-order valence-corrected chi connectivity index (χ2v) is 6.14. The van der Waals surface area contributed by atoms with Gasteiger partial charge in [0.2, 0.25) is 0 Å². The fourth-order valence-corrected chi connectivity index (χ4v) is 3.29. The summed E-state index contributed by atoms with van der Waals surface area (Å²) in [4.78, 5) is 4.91. The van der Waals surface area contributed by atoms with Gasteiger partial charge in [-0.1, -0.05) is 6.07 Å². The van der Waals surface area contributed by atoms with E-state index in [-0.39, 0.29) is 0 Å². The van der Waals surface area contributed by atoms with Crippen LogP contribution in [0.4, 0.5) is 11.4 Å². The number of morpholine rings is 1. The van der Waals surface area contributed by atoms with E-state index >= 15 is 0 Å². The van der Waals surface area contributed by atoms with Gasteiger partial charge in [0, 0.05) is 32.7 Å². The molecule has 2 fully saturated rings. The zero-order chi connectivity index (χ0) is 14.5. The van der Waals surface area contributed by atoms with E-state index in [0.29, 0.717) is 0 Å². The summed E-state index contributed by atoms with van der Waals surface area (Å²) in [6.07, 6.45) is 5.01. The Morgan fingerprint density at radius 2 is 1.76 bits per heavy atom. The monoisotopic (exact) mass is 289 g/mol. The molecule has 3 rings (SSSR count). The number of nitrogens with zero attached hydrogens (tertiary/aromatic N) is 2. The van der Waals surface area contributed by atoms with Crippen LogP contribution in [0.25, 0.3) is 0 Å². The SMILES string of the molecule is Nc1cc(CCN2CCOCC2)ccc1N1CCCCC1. The van der Waals surface area contributed by atoms with Gasteiger partial charge in [-0.15, -0.1) is 0 Å². The van der Waals surface area contributed by atoms with E-state index in [9.17, 15) is 0 Å². The lowest BCUT2D eigenvalue weighted by Crippen LogP contribution is -2.37. The molecule has 0 bridgehead atoms. The molecule has 0 radical (unpaired) electrons. The van der Waals surface area contributed by atoms with E-state index < -0.39 is 0 Å². The number of nitrogens with two attached hydrogens (primary N) is 1. The standard InChI is InChI=1S/C17H27N3O/c18-16-14-15(6-9-19-10-12-21-13-11-19)4-5-17(16)20-7-2-1-3-8-20/h4-5,14H,1-3,6-13,18H2. The molecule has 0 unspecified atom stereocenters. The van der Waals surface area contributed by atoms with Crippen LogP contribution in [-0.2, 0) is 11.2 Å². The van der Waals surface area contributed by atoms with Crippen molar-refractivity contribution in [1.82, 2.24) is 4.90 Å². The van der Waals surface area contributed by atoms with Crippen molar-refractivity contribution in [2.75, 3.05) is 56.6 Å². The van der Waals surface area contributed by atoms with Crippen LogP contribution in [0.15, 0.2) is 18.2 Å². The summed E-state index contributed by atoms with van der Waals surface area (Å²) >= 11 is 0. The van der Waals surface area contributed by atoms with Crippen molar-refractivity contribution in [2.24, 2.45) is 0 Å². The number of anilines is 2. The Morgan fingerprint density at radius 1 is 1.00 bits per heavy atom. The minimum Gasteiger partial charge on any atom is -0.397 e. The predicted molar refractivity (Wildman–Crippen MR) is 87.9 cm³/mol. The molecule has 0 atom stereocenters. The first-order valence-corrected chi connectivity index (χ1v) is 8.26. The molecule has 21 heavy (non-hydrogen) atoms. The maximum Gasteiger partial charge on any atom is 0.0600 e. The van der Waals surface area contributed by atoms with Crippen molar-refractivity contribution in [3.05, 3.63) is 23.8 Å². The lowest BCUT2D eigenvalue weighted by molar-refractivity contribution is 0.0384. The third-order valence-electron chi connectivity index (χ3n) is 4.61. The van der Waals surface area contributed by atoms with Crippen molar-refractivity contribution < 1.29 is 4.74 Å². The summed E-state index contributed by atoms with van der Waals surface area (Å²) in [5.41, 5.74) is 9.80. The fraction of sp³-hybridized carbons (Fsp3) is 0.647. The average Bonchev–Trinajstić information content (AvgIpc) is 2.55. The highest BCUT2D eigenvalue weighted by molar-refractivity contribution is 5.68. The van der Waals surface area contributed by atoms with Gasteiger partial charge in [-0.3, -0.25) is 4.90 Å². The number of hydrogen-bond acceptors (Lipinski definition) is 4. The number of piperidine rings is 1. The summed E-state index contributed by atoms with van der Waals surface area (Å²) in [6.45, 7) is 7.26. The molecule has 4 nitrogen and oxygen atoms in total. The van der Waals surface area contributed by atoms with Crippen LogP contribution in [0, 0.1) is 0 Å². The van der Waals surface area contributed by atoms with Gasteiger partial charge in [-0.25, -0.2) is 0 Å². The van der Waals surface area contributed by atoms with Gasteiger partial charge in [-0.2, -0.15) is 0 Å². The van der Waals surface area contributed by atoms with Gasteiger partial charge < -0.3 is 15.4 Å². The molecule has 2 aliphatic heterocycles. The lowest BCUT2D eigenvalue weighted by atomic mass is 10.1. The molecule has 1 aromatic carbocycles. The molecule has 2 aliphatic rings. The van der Waals surface area contributed by atoms with Gasteiger partial charge in [0.1, 0.15) is 0 Å². The maximum atomic E-state index is 6.29. The molecule has 116 valence electrons. The number of benzene rings is 1. The third-order valence-corrected chi connectivity index (χ3v) is 4.61. The molecule has 0 amide bonds. The fourth-order valence-electron chi connectivity index (χ4n) is 3.29. The summed E-state index contributed by atoms with van der Waals surface area (Å²) in [6, 6.07) is 6.64. The minimum absolute atomic E-state index is 0.871. The van der Waals surface area contributed by atoms with E-state index in [1.165, 1.54) is 30.5 Å². The van der Waals surface area contributed by atoms with Gasteiger partial charge >= 0.3 is 0 Å². The Hall–Kier alpha value is -1.26. The Morgan fingerprint density at radius 3 is 2.48 bits per heavy atom. The maximum absolute atomic E-state index is 6.29. The van der Waals surface area contributed by atoms with Crippen molar-refractivity contribution in [3.8, 4) is 0 Å². The van der Waals surface area contributed by atoms with Crippen molar-refractivity contribution in [1.29, 1.82) is 0 Å². The number of hydrogen-bond donors (Lipinski definition) is 1. The van der Waals surface area contributed by atoms with Gasteiger partial charge in [-0.05, 0) is 43.4 Å². The van der Waals surface area contributed by atoms with E-state index in [1.807, 2.05) is 0 Å². The van der Waals surface area contributed by atoms with Crippen LogP contribution in [0.5, 0.6) is 0 Å². The highest BCUT2D eigenvalue weighted by atomic mass is 16.5. The van der Waals surface area contributed by atoms with Crippen LogP contribution in [0.3, 0.4) is 0 Å². The largest absolute Gasteiger partial charge is 0.397 e. The second-order valence-electron chi connectivity index (χ2n) is 6.14. The van der Waals surface area contributed by atoms with Crippen LogP contribution in [-0.4, -0.2) is 50.8 Å². The minimum atomic E-state index is 0.871. The summed E-state index contributed by atoms with van der Waals surface area (Å²) in [5.74, 6) is 0. The van der Waals surface area contributed by atoms with Gasteiger partial charge in [0.05, 0.1) is 24.6 Å². The van der Waals surface area contributed by atoms with E-state index in [4.69, 9.17) is 10.5 Å². The quantitative estimate of drug-likeness (QED) is 0.862. The molecular formula is C17H27N3O. The first kappa shape index (κ1) is 14.7. The van der Waals surface area contributed by atoms with E-state index in [0.717, 1.165) is 58.0 Å². The first-order valence-electron chi connectivity index (χ1n) is 8.26. The first-order chi connectivity index (χ1) is 10.3. The van der Waals surface area contributed by atoms with Crippen molar-refractivity contribution in [2.45, 2.75) is 25.7 Å². The highest BCUT2D eigenvalue weighted by Crippen LogP contribution is 2.27. The van der Waals surface area contributed by atoms with Crippen LogP contribution < -0.4 is 10.6 Å². The Balaban J connectivity index is 1.58. The molecular weight excluding hydrogens is 262 g/mol. The Bertz CT molecular complexity index is 451. The molecule has 0 saturated carbocycles. The number of ether oxygens (including phenoxy) is 1. The summed E-state index contributed by atoms with van der Waals surface area (Å²) < 4.78 is 5.39. The normalized spacial score (nSPS) is 20.7. The van der Waals surface area contributed by atoms with Crippen molar-refractivity contribution in [3.63, 3.8) is 0 Å². The zero-order valence-electron chi connectivity index (χ0n) is 12.9. The molecule has 1 aromatic rings. The molecule has 2 N–H and O–H groups in total. The van der Waals surface area contributed by atoms with Gasteiger partial charge in [0.25, 0.3) is 0 Å². The molecule has 2 heterocycles. The smallest absolute Gasteiger partial charge is 0.0600 e. The third kappa shape index (κ3) is 3.89. The van der Waals surface area contributed by atoms with Crippen LogP contribution >= 0.6 is 0 Å². The number of rotatable bonds is 4. The highest BCUT2D eigenvalue weighted by Gasteiger charge is 2.14. The zero-order valence-corrected chi connectivity index (χ0v) is 12.9.